The fraction of sp³-hybridized carbons (Fsp3) is 0.0625. The smallest absolute Gasteiger partial charge is 0.294 e. The summed E-state index contributed by atoms with van der Waals surface area (Å²) in [7, 11) is 0. The van der Waals surface area contributed by atoms with E-state index in [9.17, 15) is 0 Å². The highest BCUT2D eigenvalue weighted by molar-refractivity contribution is 5.53. The highest BCUT2D eigenvalue weighted by atomic mass is 16.7. The van der Waals surface area contributed by atoms with E-state index in [1.165, 1.54) is 0 Å². The van der Waals surface area contributed by atoms with E-state index in [1.807, 2.05) is 48.5 Å². The molecule has 0 aliphatic carbocycles. The van der Waals surface area contributed by atoms with Crippen LogP contribution < -0.4 is 5.73 Å². The third-order valence-corrected chi connectivity index (χ3v) is 3.19. The maximum atomic E-state index is 6.29. The number of nitrogens with zero attached hydrogens (tertiary/aromatic N) is 3. The average molecular weight is 294 g/mol. The van der Waals surface area contributed by atoms with Crippen molar-refractivity contribution in [3.63, 3.8) is 0 Å². The Bertz CT molecular complexity index is 758. The zero-order valence-electron chi connectivity index (χ0n) is 11.7. The highest BCUT2D eigenvalue weighted by Crippen LogP contribution is 2.29. The van der Waals surface area contributed by atoms with Crippen LogP contribution in [0.2, 0.25) is 0 Å². The van der Waals surface area contributed by atoms with Gasteiger partial charge in [0, 0.05) is 17.8 Å². The Morgan fingerprint density at radius 1 is 1.05 bits per heavy atom. The monoisotopic (exact) mass is 294 g/mol. The molecule has 0 aliphatic heterocycles. The number of aromatic nitrogens is 2. The lowest BCUT2D eigenvalue weighted by Crippen LogP contribution is -2.40. The van der Waals surface area contributed by atoms with Crippen molar-refractivity contribution in [1.29, 1.82) is 0 Å². The summed E-state index contributed by atoms with van der Waals surface area (Å²) in [4.78, 5) is 9.58. The number of hydrogen-bond acceptors (Lipinski definition) is 6. The summed E-state index contributed by atoms with van der Waals surface area (Å²) in [6, 6.07) is 18.6. The topological polar surface area (TPSA) is 86.5 Å². The van der Waals surface area contributed by atoms with Crippen LogP contribution in [0.1, 0.15) is 11.5 Å². The molecule has 0 radical (unpaired) electrons. The van der Waals surface area contributed by atoms with Gasteiger partial charge in [0.15, 0.2) is 0 Å². The lowest BCUT2D eigenvalue weighted by Gasteiger charge is -2.22. The maximum absolute atomic E-state index is 6.29. The van der Waals surface area contributed by atoms with Crippen molar-refractivity contribution in [2.75, 3.05) is 0 Å². The Balaban J connectivity index is 2.04. The van der Waals surface area contributed by atoms with Crippen LogP contribution in [0.4, 0.5) is 0 Å². The second-order valence-electron chi connectivity index (χ2n) is 4.61. The zero-order valence-corrected chi connectivity index (χ0v) is 11.7. The molecule has 3 aromatic rings. The first-order valence-electron chi connectivity index (χ1n) is 6.62. The summed E-state index contributed by atoms with van der Waals surface area (Å²) >= 11 is 0. The van der Waals surface area contributed by atoms with E-state index >= 15 is 0 Å². The highest BCUT2D eigenvalue weighted by Gasteiger charge is 2.39. The van der Waals surface area contributed by atoms with Gasteiger partial charge in [0.25, 0.3) is 11.6 Å². The van der Waals surface area contributed by atoms with Gasteiger partial charge in [-0.05, 0) is 0 Å². The Hall–Kier alpha value is -2.99. The molecule has 0 bridgehead atoms. The second-order valence-corrected chi connectivity index (χ2v) is 4.61. The van der Waals surface area contributed by atoms with Crippen molar-refractivity contribution in [3.8, 4) is 11.4 Å². The lowest BCUT2D eigenvalue weighted by atomic mass is 10.0. The minimum Gasteiger partial charge on any atom is -0.359 e. The minimum atomic E-state index is -1.48. The Labute approximate surface area is 127 Å². The normalized spacial score (nSPS) is 13.3. The van der Waals surface area contributed by atoms with Crippen LogP contribution in [0.15, 0.2) is 70.3 Å². The van der Waals surface area contributed by atoms with Crippen molar-refractivity contribution < 1.29 is 9.36 Å². The molecule has 0 spiro atoms. The summed E-state index contributed by atoms with van der Waals surface area (Å²) in [6.07, 6.45) is 0. The standard InChI is InChI=1S/C16H14N4O2/c1-18-22-16(17,13-10-6-3-7-11-13)15-19-14(20-21-15)12-8-4-2-5-9-12/h2-11H,1,17H2. The van der Waals surface area contributed by atoms with E-state index in [4.69, 9.17) is 15.1 Å². The van der Waals surface area contributed by atoms with Gasteiger partial charge in [-0.2, -0.15) is 4.98 Å². The summed E-state index contributed by atoms with van der Waals surface area (Å²) in [6.45, 7) is 3.32. The molecule has 1 atom stereocenters. The van der Waals surface area contributed by atoms with Gasteiger partial charge in [-0.25, -0.2) is 0 Å². The molecule has 110 valence electrons. The molecule has 0 saturated carbocycles. The molecule has 0 saturated heterocycles. The van der Waals surface area contributed by atoms with E-state index in [1.54, 1.807) is 12.1 Å². The number of rotatable bonds is 5. The number of oxime groups is 1. The summed E-state index contributed by atoms with van der Waals surface area (Å²) in [5.74, 6) is 0.527. The number of benzene rings is 2. The molecule has 2 aromatic carbocycles. The van der Waals surface area contributed by atoms with E-state index in [0.29, 0.717) is 11.4 Å². The fourth-order valence-electron chi connectivity index (χ4n) is 2.08. The zero-order chi connectivity index (χ0) is 15.4. The SMILES string of the molecule is C=NOC(N)(c1ccccc1)c1nc(-c2ccccc2)no1. The van der Waals surface area contributed by atoms with Crippen LogP contribution in [0.25, 0.3) is 11.4 Å². The second kappa shape index (κ2) is 5.79. The average Bonchev–Trinajstić information content (AvgIpc) is 3.07. The Morgan fingerprint density at radius 3 is 2.32 bits per heavy atom. The van der Waals surface area contributed by atoms with E-state index in [0.717, 1.165) is 5.56 Å². The van der Waals surface area contributed by atoms with Crippen molar-refractivity contribution in [2.45, 2.75) is 5.72 Å². The van der Waals surface area contributed by atoms with Gasteiger partial charge < -0.3 is 9.36 Å². The number of hydrogen-bond donors (Lipinski definition) is 1. The molecule has 22 heavy (non-hydrogen) atoms. The summed E-state index contributed by atoms with van der Waals surface area (Å²) in [5, 5.41) is 7.39. The number of nitrogens with two attached hydrogens (primary N) is 1. The molecular weight excluding hydrogens is 280 g/mol. The van der Waals surface area contributed by atoms with Crippen LogP contribution in [-0.4, -0.2) is 16.9 Å². The van der Waals surface area contributed by atoms with Gasteiger partial charge in [0.05, 0.1) is 0 Å². The van der Waals surface area contributed by atoms with Crippen LogP contribution in [0.3, 0.4) is 0 Å². The first kappa shape index (κ1) is 14.0. The molecule has 2 N–H and O–H groups in total. The third-order valence-electron chi connectivity index (χ3n) is 3.19. The molecule has 3 rings (SSSR count). The molecule has 0 fully saturated rings. The van der Waals surface area contributed by atoms with Gasteiger partial charge in [0.1, 0.15) is 0 Å². The Kier molecular flexibility index (Phi) is 3.67. The molecule has 0 amide bonds. The van der Waals surface area contributed by atoms with Gasteiger partial charge in [-0.15, -0.1) is 0 Å². The predicted octanol–water partition coefficient (Wildman–Crippen LogP) is 2.53. The van der Waals surface area contributed by atoms with E-state index in [2.05, 4.69) is 22.0 Å². The minimum absolute atomic E-state index is 0.102. The van der Waals surface area contributed by atoms with Gasteiger partial charge in [-0.3, -0.25) is 5.73 Å². The largest absolute Gasteiger partial charge is 0.359 e. The quantitative estimate of drug-likeness (QED) is 0.444. The molecule has 6 heteroatoms. The van der Waals surface area contributed by atoms with Gasteiger partial charge >= 0.3 is 0 Å². The maximum Gasteiger partial charge on any atom is 0.294 e. The molecule has 1 aromatic heterocycles. The lowest BCUT2D eigenvalue weighted by molar-refractivity contribution is -0.0319. The van der Waals surface area contributed by atoms with E-state index < -0.39 is 5.72 Å². The van der Waals surface area contributed by atoms with Crippen LogP contribution in [-0.2, 0) is 10.6 Å². The fourth-order valence-corrected chi connectivity index (χ4v) is 2.08. The predicted molar refractivity (Wildman–Crippen MR) is 81.8 cm³/mol. The first-order valence-corrected chi connectivity index (χ1v) is 6.62. The van der Waals surface area contributed by atoms with Crippen molar-refractivity contribution >= 4 is 6.72 Å². The molecule has 1 unspecified atom stereocenters. The third kappa shape index (κ3) is 2.47. The summed E-state index contributed by atoms with van der Waals surface area (Å²) in [5.41, 5.74) is 6.26. The molecule has 0 aliphatic rings. The van der Waals surface area contributed by atoms with Crippen LogP contribution in [0.5, 0.6) is 0 Å². The van der Waals surface area contributed by atoms with Crippen LogP contribution >= 0.6 is 0 Å². The Morgan fingerprint density at radius 2 is 1.68 bits per heavy atom. The molecular formula is C16H14N4O2. The van der Waals surface area contributed by atoms with Crippen molar-refractivity contribution in [3.05, 3.63) is 72.1 Å². The van der Waals surface area contributed by atoms with Gasteiger partial charge in [-0.1, -0.05) is 71.0 Å². The van der Waals surface area contributed by atoms with Gasteiger partial charge in [0.2, 0.25) is 5.82 Å². The first-order chi connectivity index (χ1) is 10.7. The van der Waals surface area contributed by atoms with Crippen molar-refractivity contribution in [1.82, 2.24) is 10.1 Å². The summed E-state index contributed by atoms with van der Waals surface area (Å²) < 4.78 is 5.29. The molecule has 6 nitrogen and oxygen atoms in total. The van der Waals surface area contributed by atoms with Crippen LogP contribution in [0, 0.1) is 0 Å². The van der Waals surface area contributed by atoms with Crippen molar-refractivity contribution in [2.24, 2.45) is 10.9 Å². The van der Waals surface area contributed by atoms with E-state index in [-0.39, 0.29) is 5.89 Å². The molecule has 1 heterocycles.